The highest BCUT2D eigenvalue weighted by atomic mass is 16.1. The van der Waals surface area contributed by atoms with Crippen molar-refractivity contribution in [3.05, 3.63) is 137 Å². The van der Waals surface area contributed by atoms with E-state index in [2.05, 4.69) is 222 Å². The Bertz CT molecular complexity index is 3000. The van der Waals surface area contributed by atoms with Gasteiger partial charge in [-0.15, -0.1) is 0 Å². The topological polar surface area (TPSA) is 44.0 Å². The molecular formula is C64H84N2O2. The highest BCUT2D eigenvalue weighted by Crippen LogP contribution is 2.46. The second-order valence-electron chi connectivity index (χ2n) is 26.2. The van der Waals surface area contributed by atoms with Crippen molar-refractivity contribution in [1.29, 1.82) is 0 Å². The van der Waals surface area contributed by atoms with Crippen LogP contribution in [0, 0.1) is 0 Å². The van der Waals surface area contributed by atoms with E-state index in [-0.39, 0.29) is 43.3 Å². The second-order valence-corrected chi connectivity index (χ2v) is 26.2. The summed E-state index contributed by atoms with van der Waals surface area (Å²) < 4.78 is 4.81. The third-order valence-electron chi connectivity index (χ3n) is 14.8. The van der Waals surface area contributed by atoms with Gasteiger partial charge in [0, 0.05) is 21.5 Å². The van der Waals surface area contributed by atoms with Gasteiger partial charge < -0.3 is 9.13 Å². The van der Waals surface area contributed by atoms with Crippen LogP contribution in [0.4, 0.5) is 0 Å². The molecule has 362 valence electrons. The molecule has 0 aliphatic rings. The van der Waals surface area contributed by atoms with E-state index in [1.165, 1.54) is 55.6 Å². The van der Waals surface area contributed by atoms with Gasteiger partial charge in [0.1, 0.15) is 0 Å². The van der Waals surface area contributed by atoms with Gasteiger partial charge in [-0.2, -0.15) is 0 Å². The molecule has 0 atom stereocenters. The van der Waals surface area contributed by atoms with Crippen LogP contribution in [0.3, 0.4) is 0 Å². The first-order valence-electron chi connectivity index (χ1n) is 25.8. The van der Waals surface area contributed by atoms with Crippen molar-refractivity contribution in [3.63, 3.8) is 0 Å². The van der Waals surface area contributed by atoms with Gasteiger partial charge in [0.05, 0.1) is 33.4 Å². The monoisotopic (exact) mass is 913 g/mol. The average Bonchev–Trinajstić information content (AvgIpc) is 3.22. The van der Waals surface area contributed by atoms with E-state index >= 15 is 9.59 Å². The van der Waals surface area contributed by atoms with E-state index in [1.54, 1.807) is 0 Å². The molecule has 0 radical (unpaired) electrons. The number of rotatable bonds is 6. The first-order chi connectivity index (χ1) is 31.2. The number of benzene rings is 5. The molecule has 0 aliphatic heterocycles. The van der Waals surface area contributed by atoms with E-state index in [0.29, 0.717) is 21.5 Å². The van der Waals surface area contributed by atoms with Crippen LogP contribution in [0.2, 0.25) is 0 Å². The van der Waals surface area contributed by atoms with E-state index in [4.69, 9.17) is 0 Å². The predicted octanol–water partition coefficient (Wildman–Crippen LogP) is 16.6. The van der Waals surface area contributed by atoms with Gasteiger partial charge in [-0.25, -0.2) is 0 Å². The van der Waals surface area contributed by atoms with Gasteiger partial charge in [-0.3, -0.25) is 9.59 Å². The maximum Gasteiger partial charge on any atom is 0.197 e. The molecule has 2 aromatic heterocycles. The lowest BCUT2D eigenvalue weighted by Crippen LogP contribution is -2.27. The molecule has 7 rings (SSSR count). The SMILES string of the molecule is CCc1cc2c(=O)c3cc4c(cc3n(-c3c(C(C)(C)C)cc(C(C)(C)C)cc3C(C)(C)C)c2cc1CC)c(=O)c1cc(CC)c(CC)cc1n4-c1c(C(C)(C)C)cc(C(C)(C)C)cc1C(C)(C)C. The summed E-state index contributed by atoms with van der Waals surface area (Å²) in [6.07, 6.45) is 3.35. The fourth-order valence-corrected chi connectivity index (χ4v) is 10.6. The summed E-state index contributed by atoms with van der Waals surface area (Å²) in [4.78, 5) is 31.6. The van der Waals surface area contributed by atoms with Crippen LogP contribution in [-0.4, -0.2) is 9.13 Å². The molecule has 0 fully saturated rings. The third-order valence-corrected chi connectivity index (χ3v) is 14.8. The smallest absolute Gasteiger partial charge is 0.197 e. The summed E-state index contributed by atoms with van der Waals surface area (Å²) in [5.41, 5.74) is 16.6. The maximum absolute atomic E-state index is 15.8. The predicted molar refractivity (Wildman–Crippen MR) is 297 cm³/mol. The minimum absolute atomic E-state index is 0.00345. The quantitative estimate of drug-likeness (QED) is 0.156. The Kier molecular flexibility index (Phi) is 12.6. The minimum Gasteiger partial charge on any atom is -0.308 e. The lowest BCUT2D eigenvalue weighted by Gasteiger charge is -2.36. The van der Waals surface area contributed by atoms with E-state index < -0.39 is 0 Å². The standard InChI is InChI=1S/C64H84N2O2/c1-23-37-27-43-51(29-39(37)25-3)65(55-47(61(11,12)13)31-41(59(5,6)7)32-48(55)62(14,15)16)53-36-46-54(35-45(53)57(43)67)66(52-30-40(26-4)38(24-2)28-44(52)58(46)68)56-49(63(17,18)19)33-42(60(8,9)10)34-50(56)64(20,21)22/h27-36H,23-26H2,1-22H3. The number of hydrogen-bond donors (Lipinski definition) is 0. The van der Waals surface area contributed by atoms with Gasteiger partial charge in [0.15, 0.2) is 10.9 Å². The molecule has 5 aromatic carbocycles. The number of hydrogen-bond acceptors (Lipinski definition) is 2. The highest BCUT2D eigenvalue weighted by Gasteiger charge is 2.34. The van der Waals surface area contributed by atoms with Crippen molar-refractivity contribution in [2.45, 2.75) is 210 Å². The Hall–Kier alpha value is -4.96. The molecule has 4 heteroatoms. The summed E-state index contributed by atoms with van der Waals surface area (Å²) >= 11 is 0. The fourth-order valence-electron chi connectivity index (χ4n) is 10.6. The minimum atomic E-state index is -0.269. The van der Waals surface area contributed by atoms with Gasteiger partial charge in [0.2, 0.25) is 0 Å². The molecule has 68 heavy (non-hydrogen) atoms. The van der Waals surface area contributed by atoms with Crippen molar-refractivity contribution in [1.82, 2.24) is 9.13 Å². The maximum atomic E-state index is 15.8. The van der Waals surface area contributed by atoms with Crippen LogP contribution in [-0.2, 0) is 58.2 Å². The summed E-state index contributed by atoms with van der Waals surface area (Å²) in [5, 5.41) is 2.65. The molecule has 4 nitrogen and oxygen atoms in total. The Labute approximate surface area is 409 Å². The molecule has 0 unspecified atom stereocenters. The Morgan fingerprint density at radius 2 is 0.529 bits per heavy atom. The highest BCUT2D eigenvalue weighted by molar-refractivity contribution is 6.06. The summed E-state index contributed by atoms with van der Waals surface area (Å²) in [6.45, 7) is 50.3. The second kappa shape index (κ2) is 16.9. The van der Waals surface area contributed by atoms with Crippen molar-refractivity contribution in [2.24, 2.45) is 0 Å². The van der Waals surface area contributed by atoms with E-state index in [0.717, 1.165) is 59.1 Å². The van der Waals surface area contributed by atoms with Crippen molar-refractivity contribution in [3.8, 4) is 11.4 Å². The summed E-state index contributed by atoms with van der Waals surface area (Å²) in [6, 6.07) is 22.8. The van der Waals surface area contributed by atoms with Crippen molar-refractivity contribution in [2.75, 3.05) is 0 Å². The molecule has 0 amide bonds. The molecule has 2 heterocycles. The number of nitrogens with zero attached hydrogens (tertiary/aromatic N) is 2. The Balaban J connectivity index is 1.90. The van der Waals surface area contributed by atoms with Crippen molar-refractivity contribution < 1.29 is 0 Å². The van der Waals surface area contributed by atoms with Crippen LogP contribution in [0.1, 0.15) is 208 Å². The van der Waals surface area contributed by atoms with Crippen LogP contribution in [0.25, 0.3) is 55.0 Å². The molecular weight excluding hydrogens is 829 g/mol. The molecule has 0 saturated carbocycles. The molecule has 0 spiro atoms. The van der Waals surface area contributed by atoms with Crippen molar-refractivity contribution >= 4 is 43.6 Å². The van der Waals surface area contributed by atoms with Crippen LogP contribution < -0.4 is 10.9 Å². The zero-order valence-corrected chi connectivity index (χ0v) is 46.3. The van der Waals surface area contributed by atoms with Crippen LogP contribution >= 0.6 is 0 Å². The van der Waals surface area contributed by atoms with Gasteiger partial charge in [-0.05, 0) is 150 Å². The summed E-state index contributed by atoms with van der Waals surface area (Å²) in [7, 11) is 0. The molecule has 0 bridgehead atoms. The third kappa shape index (κ3) is 8.70. The number of aryl methyl sites for hydroxylation is 4. The van der Waals surface area contributed by atoms with Gasteiger partial charge in [0.25, 0.3) is 0 Å². The largest absolute Gasteiger partial charge is 0.308 e. The Morgan fingerprint density at radius 1 is 0.309 bits per heavy atom. The number of aromatic nitrogens is 2. The molecule has 7 aromatic rings. The Morgan fingerprint density at radius 3 is 0.750 bits per heavy atom. The lowest BCUT2D eigenvalue weighted by atomic mass is 9.74. The van der Waals surface area contributed by atoms with Crippen LogP contribution in [0.5, 0.6) is 0 Å². The molecule has 0 saturated heterocycles. The number of pyridine rings is 2. The summed E-state index contributed by atoms with van der Waals surface area (Å²) in [5.74, 6) is 0. The lowest BCUT2D eigenvalue weighted by molar-refractivity contribution is 0.544. The molecule has 0 N–H and O–H groups in total. The zero-order valence-electron chi connectivity index (χ0n) is 46.3. The first kappa shape index (κ1) is 50.9. The van der Waals surface area contributed by atoms with E-state index in [9.17, 15) is 0 Å². The average molecular weight is 913 g/mol. The van der Waals surface area contributed by atoms with Gasteiger partial charge >= 0.3 is 0 Å². The number of fused-ring (bicyclic) bond motifs is 4. The normalized spacial score (nSPS) is 13.5. The van der Waals surface area contributed by atoms with E-state index in [1.807, 2.05) is 0 Å². The first-order valence-corrected chi connectivity index (χ1v) is 25.8. The van der Waals surface area contributed by atoms with Gasteiger partial charge in [-0.1, -0.05) is 177 Å². The van der Waals surface area contributed by atoms with Crippen LogP contribution in [0.15, 0.2) is 70.3 Å². The fraction of sp³-hybridized carbons (Fsp3) is 0.500. The zero-order chi connectivity index (χ0) is 50.8. The molecule has 0 aliphatic carbocycles.